The van der Waals surface area contributed by atoms with Crippen LogP contribution in [0, 0.1) is 17.8 Å². The van der Waals surface area contributed by atoms with Crippen LogP contribution in [0.5, 0.6) is 0 Å². The highest BCUT2D eigenvalue weighted by Crippen LogP contribution is 2.49. The van der Waals surface area contributed by atoms with Crippen molar-refractivity contribution in [3.63, 3.8) is 0 Å². The molecule has 0 spiro atoms. The van der Waals surface area contributed by atoms with E-state index in [4.69, 9.17) is 4.74 Å². The van der Waals surface area contributed by atoms with E-state index in [0.29, 0.717) is 24.0 Å². The van der Waals surface area contributed by atoms with Gasteiger partial charge in [0.25, 0.3) is 0 Å². The van der Waals surface area contributed by atoms with Crippen molar-refractivity contribution in [2.24, 2.45) is 17.8 Å². The van der Waals surface area contributed by atoms with Crippen LogP contribution in [0.1, 0.15) is 26.7 Å². The van der Waals surface area contributed by atoms with Crippen LogP contribution in [-0.2, 0) is 14.3 Å². The summed E-state index contributed by atoms with van der Waals surface area (Å²) in [4.78, 5) is 23.7. The molecule has 2 fully saturated rings. The Bertz CT molecular complexity index is 516. The maximum absolute atomic E-state index is 11.9. The van der Waals surface area contributed by atoms with E-state index >= 15 is 0 Å². The molecule has 0 unspecified atom stereocenters. The van der Waals surface area contributed by atoms with Gasteiger partial charge in [0, 0.05) is 12.0 Å². The van der Waals surface area contributed by atoms with Crippen LogP contribution < -0.4 is 0 Å². The molecule has 4 heteroatoms. The second kappa shape index (κ2) is 4.04. The number of hydrogen-bond donors (Lipinski definition) is 1. The van der Waals surface area contributed by atoms with Crippen molar-refractivity contribution in [3.8, 4) is 0 Å². The lowest BCUT2D eigenvalue weighted by atomic mass is 9.85. The molecule has 1 saturated carbocycles. The van der Waals surface area contributed by atoms with E-state index < -0.39 is 24.1 Å². The van der Waals surface area contributed by atoms with Crippen LogP contribution in [0.15, 0.2) is 23.3 Å². The molecule has 0 radical (unpaired) electrons. The smallest absolute Gasteiger partial charge is 0.334 e. The first-order valence-electron chi connectivity index (χ1n) is 6.73. The third-order valence-electron chi connectivity index (χ3n) is 4.90. The van der Waals surface area contributed by atoms with E-state index in [0.717, 1.165) is 5.57 Å². The zero-order valence-corrected chi connectivity index (χ0v) is 11.2. The Balaban J connectivity index is 2.12. The summed E-state index contributed by atoms with van der Waals surface area (Å²) in [5.41, 5.74) is 1.97. The standard InChI is InChI=1S/C15H18O4/c1-6-4-11(17)13-8(3)15(18)19-14(13)12-7(2)10(16)5-9(6)12/h6,9,11,13-14,17H,3-5H2,1-2H3/t6-,9-,11-,13+,14+/m0/s1. The first-order valence-corrected chi connectivity index (χ1v) is 6.73. The Kier molecular flexibility index (Phi) is 2.68. The minimum absolute atomic E-state index is 0.0934. The quantitative estimate of drug-likeness (QED) is 0.529. The molecule has 2 aliphatic carbocycles. The molecule has 19 heavy (non-hydrogen) atoms. The predicted octanol–water partition coefficient (Wildman–Crippen LogP) is 1.39. The molecule has 1 aliphatic heterocycles. The zero-order valence-electron chi connectivity index (χ0n) is 11.2. The second-order valence-corrected chi connectivity index (χ2v) is 5.97. The Hall–Kier alpha value is -1.42. The maximum Gasteiger partial charge on any atom is 0.334 e. The Labute approximate surface area is 112 Å². The van der Waals surface area contributed by atoms with Crippen molar-refractivity contribution in [1.29, 1.82) is 0 Å². The van der Waals surface area contributed by atoms with E-state index in [1.807, 2.05) is 6.92 Å². The van der Waals surface area contributed by atoms with E-state index in [1.165, 1.54) is 0 Å². The van der Waals surface area contributed by atoms with Crippen molar-refractivity contribution in [2.75, 3.05) is 0 Å². The summed E-state index contributed by atoms with van der Waals surface area (Å²) in [5, 5.41) is 10.3. The van der Waals surface area contributed by atoms with E-state index in [9.17, 15) is 14.7 Å². The first kappa shape index (κ1) is 12.6. The molecule has 0 bridgehead atoms. The third kappa shape index (κ3) is 1.62. The van der Waals surface area contributed by atoms with Crippen LogP contribution in [-0.4, -0.2) is 29.1 Å². The van der Waals surface area contributed by atoms with E-state index in [2.05, 4.69) is 6.58 Å². The molecule has 102 valence electrons. The van der Waals surface area contributed by atoms with Crippen molar-refractivity contribution < 1.29 is 19.4 Å². The molecular formula is C15H18O4. The van der Waals surface area contributed by atoms with Gasteiger partial charge < -0.3 is 9.84 Å². The fourth-order valence-corrected chi connectivity index (χ4v) is 3.80. The number of aliphatic hydroxyl groups is 1. The van der Waals surface area contributed by atoms with Crippen LogP contribution in [0.25, 0.3) is 0 Å². The fraction of sp³-hybridized carbons (Fsp3) is 0.600. The van der Waals surface area contributed by atoms with Gasteiger partial charge in [0.15, 0.2) is 5.78 Å². The molecule has 3 rings (SSSR count). The number of fused-ring (bicyclic) bond motifs is 3. The predicted molar refractivity (Wildman–Crippen MR) is 68.1 cm³/mol. The number of allylic oxidation sites excluding steroid dienone is 1. The lowest BCUT2D eigenvalue weighted by molar-refractivity contribution is -0.138. The average Bonchev–Trinajstić information content (AvgIpc) is 2.75. The zero-order chi connectivity index (χ0) is 13.9. The van der Waals surface area contributed by atoms with Gasteiger partial charge in [0.05, 0.1) is 12.0 Å². The minimum Gasteiger partial charge on any atom is -0.454 e. The lowest BCUT2D eigenvalue weighted by Gasteiger charge is -2.22. The molecular weight excluding hydrogens is 244 g/mol. The van der Waals surface area contributed by atoms with Gasteiger partial charge in [-0.05, 0) is 36.3 Å². The van der Waals surface area contributed by atoms with Crippen molar-refractivity contribution >= 4 is 11.8 Å². The second-order valence-electron chi connectivity index (χ2n) is 5.97. The summed E-state index contributed by atoms with van der Waals surface area (Å²) >= 11 is 0. The molecule has 0 aromatic carbocycles. The Morgan fingerprint density at radius 1 is 1.37 bits per heavy atom. The van der Waals surface area contributed by atoms with E-state index in [1.54, 1.807) is 6.92 Å². The number of ketones is 1. The highest BCUT2D eigenvalue weighted by molar-refractivity contribution is 6.00. The lowest BCUT2D eigenvalue weighted by Crippen LogP contribution is -2.29. The van der Waals surface area contributed by atoms with Gasteiger partial charge in [-0.2, -0.15) is 0 Å². The van der Waals surface area contributed by atoms with Gasteiger partial charge in [-0.3, -0.25) is 4.79 Å². The molecule has 0 aromatic heterocycles. The molecule has 0 amide bonds. The van der Waals surface area contributed by atoms with Gasteiger partial charge in [-0.1, -0.05) is 13.5 Å². The summed E-state index contributed by atoms with van der Waals surface area (Å²) in [6, 6.07) is 0. The normalized spacial score (nSPS) is 42.1. The SMILES string of the molecule is C=C1C(=O)O[C@@H]2C3=C(C)C(=O)C[C@H]3[C@@H](C)C[C@H](O)[C@@H]12. The average molecular weight is 262 g/mol. The number of ether oxygens (including phenoxy) is 1. The molecule has 1 saturated heterocycles. The third-order valence-corrected chi connectivity index (χ3v) is 4.90. The molecule has 1 N–H and O–H groups in total. The molecule has 4 nitrogen and oxygen atoms in total. The van der Waals surface area contributed by atoms with Crippen LogP contribution >= 0.6 is 0 Å². The first-order chi connectivity index (χ1) is 8.91. The summed E-state index contributed by atoms with van der Waals surface area (Å²) in [7, 11) is 0. The monoisotopic (exact) mass is 262 g/mol. The highest BCUT2D eigenvalue weighted by Gasteiger charge is 2.52. The van der Waals surface area contributed by atoms with Crippen molar-refractivity contribution in [1.82, 2.24) is 0 Å². The Morgan fingerprint density at radius 3 is 2.74 bits per heavy atom. The van der Waals surface area contributed by atoms with Crippen LogP contribution in [0.2, 0.25) is 0 Å². The largest absolute Gasteiger partial charge is 0.454 e. The summed E-state index contributed by atoms with van der Waals surface area (Å²) in [6.45, 7) is 7.60. The fourth-order valence-electron chi connectivity index (χ4n) is 3.80. The number of carbonyl (C=O) groups is 2. The number of aliphatic hydroxyl groups excluding tert-OH is 1. The van der Waals surface area contributed by atoms with Crippen LogP contribution in [0.4, 0.5) is 0 Å². The van der Waals surface area contributed by atoms with E-state index in [-0.39, 0.29) is 17.6 Å². The van der Waals surface area contributed by atoms with Gasteiger partial charge in [-0.25, -0.2) is 4.79 Å². The summed E-state index contributed by atoms with van der Waals surface area (Å²) in [6.07, 6.45) is -0.0650. The van der Waals surface area contributed by atoms with Crippen molar-refractivity contribution in [3.05, 3.63) is 23.3 Å². The van der Waals surface area contributed by atoms with Gasteiger partial charge in [0.1, 0.15) is 6.10 Å². The molecule has 1 heterocycles. The molecule has 5 atom stereocenters. The van der Waals surface area contributed by atoms with Gasteiger partial charge in [-0.15, -0.1) is 0 Å². The van der Waals surface area contributed by atoms with Crippen LogP contribution in [0.3, 0.4) is 0 Å². The summed E-state index contributed by atoms with van der Waals surface area (Å²) in [5.74, 6) is -0.396. The molecule has 3 aliphatic rings. The highest BCUT2D eigenvalue weighted by atomic mass is 16.6. The van der Waals surface area contributed by atoms with Gasteiger partial charge >= 0.3 is 5.97 Å². The van der Waals surface area contributed by atoms with Gasteiger partial charge in [0.2, 0.25) is 0 Å². The number of Topliss-reactive ketones (excluding diaryl/α,β-unsaturated/α-hetero) is 1. The summed E-state index contributed by atoms with van der Waals surface area (Å²) < 4.78 is 5.40. The number of hydrogen-bond acceptors (Lipinski definition) is 4. The maximum atomic E-state index is 11.9. The number of rotatable bonds is 0. The number of carbonyl (C=O) groups excluding carboxylic acids is 2. The number of esters is 1. The molecule has 0 aromatic rings. The van der Waals surface area contributed by atoms with Crippen molar-refractivity contribution in [2.45, 2.75) is 38.9 Å². The minimum atomic E-state index is -0.625. The topological polar surface area (TPSA) is 63.6 Å². The Morgan fingerprint density at radius 2 is 2.05 bits per heavy atom.